The zero-order chi connectivity index (χ0) is 17.7. The number of alkyl halides is 2. The minimum atomic E-state index is -2.86. The largest absolute Gasteiger partial charge is 0.353 e. The number of aromatic nitrogens is 2. The smallest absolute Gasteiger partial charge is 0.262 e. The first-order valence-corrected chi connectivity index (χ1v) is 7.61. The van der Waals surface area contributed by atoms with E-state index in [1.807, 2.05) is 19.0 Å². The topological polar surface area (TPSA) is 91.3 Å². The molecule has 1 unspecified atom stereocenters. The molecular formula is C14H24Cl2F2N6O2. The van der Waals surface area contributed by atoms with Gasteiger partial charge in [-0.3, -0.25) is 19.6 Å². The van der Waals surface area contributed by atoms with Crippen LogP contribution in [0.5, 0.6) is 0 Å². The van der Waals surface area contributed by atoms with Crippen molar-refractivity contribution in [1.82, 2.24) is 25.3 Å². The van der Waals surface area contributed by atoms with Crippen molar-refractivity contribution in [2.75, 3.05) is 39.0 Å². The Bertz CT molecular complexity index is 600. The molecule has 0 saturated carbocycles. The summed E-state index contributed by atoms with van der Waals surface area (Å²) in [5, 5.41) is 11.7. The number of nitrogens with zero attached hydrogens (tertiary/aromatic N) is 3. The van der Waals surface area contributed by atoms with Gasteiger partial charge in [0.2, 0.25) is 11.8 Å². The van der Waals surface area contributed by atoms with Crippen molar-refractivity contribution >= 4 is 42.3 Å². The summed E-state index contributed by atoms with van der Waals surface area (Å²) in [5.41, 5.74) is 0.359. The number of hydrogen-bond donors (Lipinski definition) is 3. The molecule has 150 valence electrons. The molecule has 12 heteroatoms. The van der Waals surface area contributed by atoms with Crippen LogP contribution < -0.4 is 16.0 Å². The molecule has 1 saturated heterocycles. The number of rotatable bonds is 7. The Hall–Kier alpha value is -1.49. The van der Waals surface area contributed by atoms with E-state index in [2.05, 4.69) is 21.0 Å². The maximum Gasteiger partial charge on any atom is 0.262 e. The molecule has 26 heavy (non-hydrogen) atoms. The van der Waals surface area contributed by atoms with Gasteiger partial charge in [0, 0.05) is 25.7 Å². The van der Waals surface area contributed by atoms with Gasteiger partial charge in [0.05, 0.1) is 24.5 Å². The monoisotopic (exact) mass is 416 g/mol. The minimum Gasteiger partial charge on any atom is -0.353 e. The molecule has 0 radical (unpaired) electrons. The molecule has 0 bridgehead atoms. The SMILES string of the molecule is CN(C)CCNC(=O)Cn1cc(NC(=O)C2CC(F)(F)CN2)cn1.Cl.Cl. The van der Waals surface area contributed by atoms with Gasteiger partial charge in [-0.2, -0.15) is 5.10 Å². The molecule has 2 heterocycles. The molecule has 2 rings (SSSR count). The van der Waals surface area contributed by atoms with E-state index in [9.17, 15) is 18.4 Å². The van der Waals surface area contributed by atoms with Crippen molar-refractivity contribution in [3.8, 4) is 0 Å². The number of likely N-dealkylation sites (N-methyl/N-ethyl adjacent to an activating group) is 1. The Kier molecular flexibility index (Phi) is 10.0. The van der Waals surface area contributed by atoms with E-state index >= 15 is 0 Å². The Balaban J connectivity index is 0.00000312. The Morgan fingerprint density at radius 1 is 1.42 bits per heavy atom. The number of nitrogens with one attached hydrogen (secondary N) is 3. The summed E-state index contributed by atoms with van der Waals surface area (Å²) in [6.45, 7) is 0.768. The predicted octanol–water partition coefficient (Wildman–Crippen LogP) is 0.340. The van der Waals surface area contributed by atoms with Crippen LogP contribution in [0.15, 0.2) is 12.4 Å². The highest BCUT2D eigenvalue weighted by molar-refractivity contribution is 5.95. The lowest BCUT2D eigenvalue weighted by Gasteiger charge is -2.10. The van der Waals surface area contributed by atoms with Crippen LogP contribution in [0.1, 0.15) is 6.42 Å². The van der Waals surface area contributed by atoms with Crippen molar-refractivity contribution in [1.29, 1.82) is 0 Å². The summed E-state index contributed by atoms with van der Waals surface area (Å²) in [4.78, 5) is 25.6. The summed E-state index contributed by atoms with van der Waals surface area (Å²) in [6.07, 6.45) is 2.33. The van der Waals surface area contributed by atoms with Crippen molar-refractivity contribution in [3.63, 3.8) is 0 Å². The first kappa shape index (κ1) is 24.5. The minimum absolute atomic E-state index is 0. The molecule has 1 aliphatic rings. The average Bonchev–Trinajstić information content (AvgIpc) is 3.04. The third-order valence-corrected chi connectivity index (χ3v) is 3.51. The van der Waals surface area contributed by atoms with Crippen molar-refractivity contribution in [3.05, 3.63) is 12.4 Å². The van der Waals surface area contributed by atoms with E-state index in [0.717, 1.165) is 6.54 Å². The lowest BCUT2D eigenvalue weighted by molar-refractivity contribution is -0.122. The van der Waals surface area contributed by atoms with E-state index in [4.69, 9.17) is 0 Å². The van der Waals surface area contributed by atoms with Crippen LogP contribution in [0.25, 0.3) is 0 Å². The second-order valence-electron chi connectivity index (χ2n) is 6.06. The Labute approximate surface area is 162 Å². The van der Waals surface area contributed by atoms with Gasteiger partial charge in [-0.1, -0.05) is 0 Å². The molecule has 1 aliphatic heterocycles. The summed E-state index contributed by atoms with van der Waals surface area (Å²) >= 11 is 0. The van der Waals surface area contributed by atoms with Crippen LogP contribution in [0, 0.1) is 0 Å². The number of amides is 2. The molecule has 1 aromatic rings. The van der Waals surface area contributed by atoms with E-state index in [0.29, 0.717) is 12.2 Å². The van der Waals surface area contributed by atoms with Crippen LogP contribution in [-0.4, -0.2) is 72.2 Å². The molecule has 0 aliphatic carbocycles. The van der Waals surface area contributed by atoms with Crippen LogP contribution >= 0.6 is 24.8 Å². The number of carbonyl (C=O) groups is 2. The maximum atomic E-state index is 13.1. The Morgan fingerprint density at radius 3 is 2.69 bits per heavy atom. The summed E-state index contributed by atoms with van der Waals surface area (Å²) in [6, 6.07) is -0.933. The number of anilines is 1. The molecule has 3 N–H and O–H groups in total. The zero-order valence-electron chi connectivity index (χ0n) is 14.5. The van der Waals surface area contributed by atoms with Gasteiger partial charge in [0.25, 0.3) is 5.92 Å². The first-order chi connectivity index (χ1) is 11.2. The van der Waals surface area contributed by atoms with E-state index in [1.54, 1.807) is 0 Å². The lowest BCUT2D eigenvalue weighted by atomic mass is 10.2. The van der Waals surface area contributed by atoms with Crippen molar-refractivity contribution in [2.45, 2.75) is 24.9 Å². The zero-order valence-corrected chi connectivity index (χ0v) is 16.1. The van der Waals surface area contributed by atoms with Gasteiger partial charge < -0.3 is 15.5 Å². The number of hydrogen-bond acceptors (Lipinski definition) is 5. The predicted molar refractivity (Wildman–Crippen MR) is 98.3 cm³/mol. The first-order valence-electron chi connectivity index (χ1n) is 7.61. The highest BCUT2D eigenvalue weighted by Gasteiger charge is 2.42. The molecule has 0 aromatic carbocycles. The van der Waals surface area contributed by atoms with Gasteiger partial charge in [0.15, 0.2) is 0 Å². The third kappa shape index (κ3) is 7.81. The van der Waals surface area contributed by atoms with Crippen LogP contribution in [-0.2, 0) is 16.1 Å². The van der Waals surface area contributed by atoms with Gasteiger partial charge in [-0.25, -0.2) is 8.78 Å². The molecule has 1 atom stereocenters. The van der Waals surface area contributed by atoms with Gasteiger partial charge >= 0.3 is 0 Å². The summed E-state index contributed by atoms with van der Waals surface area (Å²) < 4.78 is 27.5. The highest BCUT2D eigenvalue weighted by atomic mass is 35.5. The summed E-state index contributed by atoms with van der Waals surface area (Å²) in [7, 11) is 3.81. The van der Waals surface area contributed by atoms with Gasteiger partial charge in [-0.15, -0.1) is 24.8 Å². The van der Waals surface area contributed by atoms with E-state index < -0.39 is 30.8 Å². The second-order valence-corrected chi connectivity index (χ2v) is 6.06. The molecule has 0 spiro atoms. The number of halogens is 4. The van der Waals surface area contributed by atoms with Crippen molar-refractivity contribution in [2.24, 2.45) is 0 Å². The fraction of sp³-hybridized carbons (Fsp3) is 0.643. The van der Waals surface area contributed by atoms with Gasteiger partial charge in [0.1, 0.15) is 6.54 Å². The Morgan fingerprint density at radius 2 is 2.12 bits per heavy atom. The number of carbonyl (C=O) groups excluding carboxylic acids is 2. The summed E-state index contributed by atoms with van der Waals surface area (Å²) in [5.74, 6) is -3.60. The van der Waals surface area contributed by atoms with Crippen molar-refractivity contribution < 1.29 is 18.4 Å². The lowest BCUT2D eigenvalue weighted by Crippen LogP contribution is -2.35. The maximum absolute atomic E-state index is 13.1. The standard InChI is InChI=1S/C14H22F2N6O2.2ClH/c1-21(2)4-3-17-12(23)8-22-7-10(6-19-22)20-13(24)11-5-14(15,16)9-18-11;;/h6-7,11,18H,3-5,8-9H2,1-2H3,(H,17,23)(H,20,24);2*1H. The molecule has 2 amide bonds. The van der Waals surface area contributed by atoms with Crippen LogP contribution in [0.2, 0.25) is 0 Å². The molecule has 8 nitrogen and oxygen atoms in total. The fourth-order valence-electron chi connectivity index (χ4n) is 2.27. The molecular weight excluding hydrogens is 393 g/mol. The quantitative estimate of drug-likeness (QED) is 0.596. The van der Waals surface area contributed by atoms with E-state index in [1.165, 1.54) is 17.1 Å². The molecule has 1 fully saturated rings. The van der Waals surface area contributed by atoms with Crippen LogP contribution in [0.3, 0.4) is 0 Å². The van der Waals surface area contributed by atoms with Gasteiger partial charge in [-0.05, 0) is 14.1 Å². The molecule has 1 aromatic heterocycles. The normalized spacial score (nSPS) is 18.0. The highest BCUT2D eigenvalue weighted by Crippen LogP contribution is 2.25. The third-order valence-electron chi connectivity index (χ3n) is 3.51. The van der Waals surface area contributed by atoms with E-state index in [-0.39, 0.29) is 37.3 Å². The second kappa shape index (κ2) is 10.6. The average molecular weight is 417 g/mol. The van der Waals surface area contributed by atoms with Crippen LogP contribution in [0.4, 0.5) is 14.5 Å². The fourth-order valence-corrected chi connectivity index (χ4v) is 2.27.